The van der Waals surface area contributed by atoms with Crippen LogP contribution in [0.2, 0.25) is 0 Å². The van der Waals surface area contributed by atoms with Crippen LogP contribution in [0.25, 0.3) is 0 Å². The van der Waals surface area contributed by atoms with Gasteiger partial charge in [0.1, 0.15) is 5.76 Å². The summed E-state index contributed by atoms with van der Waals surface area (Å²) in [6.45, 7) is 4.99. The summed E-state index contributed by atoms with van der Waals surface area (Å²) < 4.78 is 5.08. The van der Waals surface area contributed by atoms with Gasteiger partial charge >= 0.3 is 0 Å². The van der Waals surface area contributed by atoms with Crippen LogP contribution in [0, 0.1) is 13.8 Å². The standard InChI is InChI=1S/C13H20N2O3/c1-9-12(10(2)18-14-9)5-6-13(17)15-7-3-4-11(16)8-15/h11,16H,3-8H2,1-2H3/t11-/m0/s1. The smallest absolute Gasteiger partial charge is 0.222 e. The molecular formula is C13H20N2O3. The van der Waals surface area contributed by atoms with E-state index in [9.17, 15) is 9.90 Å². The lowest BCUT2D eigenvalue weighted by atomic mass is 10.1. The van der Waals surface area contributed by atoms with Crippen LogP contribution in [-0.2, 0) is 11.2 Å². The van der Waals surface area contributed by atoms with E-state index in [-0.39, 0.29) is 12.0 Å². The van der Waals surface area contributed by atoms with E-state index in [1.165, 1.54) is 0 Å². The van der Waals surface area contributed by atoms with Crippen molar-refractivity contribution >= 4 is 5.91 Å². The van der Waals surface area contributed by atoms with Crippen LogP contribution >= 0.6 is 0 Å². The molecule has 18 heavy (non-hydrogen) atoms. The Hall–Kier alpha value is -1.36. The zero-order valence-corrected chi connectivity index (χ0v) is 11.0. The van der Waals surface area contributed by atoms with Crippen molar-refractivity contribution in [3.8, 4) is 0 Å². The van der Waals surface area contributed by atoms with Crippen LogP contribution < -0.4 is 0 Å². The van der Waals surface area contributed by atoms with Gasteiger partial charge in [0.2, 0.25) is 5.91 Å². The number of aryl methyl sites for hydroxylation is 2. The predicted molar refractivity (Wildman–Crippen MR) is 66.1 cm³/mol. The molecule has 1 aliphatic rings. The summed E-state index contributed by atoms with van der Waals surface area (Å²) >= 11 is 0. The minimum atomic E-state index is -0.359. The lowest BCUT2D eigenvalue weighted by Crippen LogP contribution is -2.42. The molecule has 0 bridgehead atoms. The van der Waals surface area contributed by atoms with Gasteiger partial charge in [-0.05, 0) is 33.1 Å². The highest BCUT2D eigenvalue weighted by atomic mass is 16.5. The Kier molecular flexibility index (Phi) is 4.01. The molecule has 1 N–H and O–H groups in total. The molecule has 1 saturated heterocycles. The fraction of sp³-hybridized carbons (Fsp3) is 0.692. The Balaban J connectivity index is 1.88. The number of likely N-dealkylation sites (tertiary alicyclic amines) is 1. The highest BCUT2D eigenvalue weighted by Crippen LogP contribution is 2.16. The van der Waals surface area contributed by atoms with E-state index in [0.29, 0.717) is 19.4 Å². The summed E-state index contributed by atoms with van der Waals surface area (Å²) in [5.74, 6) is 0.896. The maximum atomic E-state index is 12.0. The molecule has 0 aromatic carbocycles. The summed E-state index contributed by atoms with van der Waals surface area (Å²) in [5, 5.41) is 13.4. The number of β-amino-alcohol motifs (C(OH)–C–C–N with tert-alkyl or cyclic N) is 1. The van der Waals surface area contributed by atoms with Crippen molar-refractivity contribution in [1.82, 2.24) is 10.1 Å². The number of hydrogen-bond donors (Lipinski definition) is 1. The van der Waals surface area contributed by atoms with Crippen molar-refractivity contribution in [3.05, 3.63) is 17.0 Å². The summed E-state index contributed by atoms with van der Waals surface area (Å²) in [6, 6.07) is 0. The molecule has 1 aromatic heterocycles. The quantitative estimate of drug-likeness (QED) is 0.878. The molecule has 1 aromatic rings. The second-order valence-corrected chi connectivity index (χ2v) is 4.94. The molecule has 0 spiro atoms. The number of hydrogen-bond acceptors (Lipinski definition) is 4. The molecule has 0 saturated carbocycles. The Morgan fingerprint density at radius 1 is 1.56 bits per heavy atom. The van der Waals surface area contributed by atoms with Crippen LogP contribution in [0.15, 0.2) is 4.52 Å². The Bertz CT molecular complexity index is 408. The van der Waals surface area contributed by atoms with Gasteiger partial charge in [0.15, 0.2) is 0 Å². The van der Waals surface area contributed by atoms with Gasteiger partial charge in [0, 0.05) is 25.1 Å². The van der Waals surface area contributed by atoms with E-state index < -0.39 is 0 Å². The van der Waals surface area contributed by atoms with Crippen molar-refractivity contribution < 1.29 is 14.4 Å². The zero-order chi connectivity index (χ0) is 13.1. The lowest BCUT2D eigenvalue weighted by molar-refractivity contribution is -0.134. The van der Waals surface area contributed by atoms with Crippen LogP contribution in [0.1, 0.15) is 36.3 Å². The second-order valence-electron chi connectivity index (χ2n) is 4.94. The van der Waals surface area contributed by atoms with E-state index in [0.717, 1.165) is 36.4 Å². The predicted octanol–water partition coefficient (Wildman–Crippen LogP) is 1.21. The molecule has 1 atom stereocenters. The Morgan fingerprint density at radius 3 is 2.94 bits per heavy atom. The first-order chi connectivity index (χ1) is 8.58. The number of aliphatic hydroxyl groups excluding tert-OH is 1. The van der Waals surface area contributed by atoms with Gasteiger partial charge in [0.25, 0.3) is 0 Å². The molecule has 2 heterocycles. The number of amides is 1. The molecule has 0 aliphatic carbocycles. The van der Waals surface area contributed by atoms with Crippen molar-refractivity contribution in [2.75, 3.05) is 13.1 Å². The van der Waals surface area contributed by atoms with E-state index in [1.54, 1.807) is 4.90 Å². The molecular weight excluding hydrogens is 232 g/mol. The number of nitrogens with zero attached hydrogens (tertiary/aromatic N) is 2. The number of piperidine rings is 1. The molecule has 5 heteroatoms. The lowest BCUT2D eigenvalue weighted by Gasteiger charge is -2.30. The molecule has 1 amide bonds. The van der Waals surface area contributed by atoms with Gasteiger partial charge in [-0.2, -0.15) is 0 Å². The van der Waals surface area contributed by atoms with E-state index in [4.69, 9.17) is 4.52 Å². The van der Waals surface area contributed by atoms with Gasteiger partial charge < -0.3 is 14.5 Å². The summed E-state index contributed by atoms with van der Waals surface area (Å²) in [6.07, 6.45) is 2.44. The fourth-order valence-electron chi connectivity index (χ4n) is 2.43. The minimum Gasteiger partial charge on any atom is -0.391 e. The SMILES string of the molecule is Cc1noc(C)c1CCC(=O)N1CCC[C@H](O)C1. The third-order valence-electron chi connectivity index (χ3n) is 3.52. The number of rotatable bonds is 3. The highest BCUT2D eigenvalue weighted by Gasteiger charge is 2.22. The van der Waals surface area contributed by atoms with Crippen LogP contribution in [-0.4, -0.2) is 40.3 Å². The van der Waals surface area contributed by atoms with Crippen molar-refractivity contribution in [2.45, 2.75) is 45.6 Å². The van der Waals surface area contributed by atoms with Gasteiger partial charge in [-0.25, -0.2) is 0 Å². The number of carbonyl (C=O) groups is 1. The Morgan fingerprint density at radius 2 is 2.33 bits per heavy atom. The first kappa shape index (κ1) is 13.1. The first-order valence-electron chi connectivity index (χ1n) is 6.45. The molecule has 1 aliphatic heterocycles. The normalized spacial score (nSPS) is 20.2. The largest absolute Gasteiger partial charge is 0.391 e. The maximum absolute atomic E-state index is 12.0. The summed E-state index contributed by atoms with van der Waals surface area (Å²) in [4.78, 5) is 13.8. The van der Waals surface area contributed by atoms with Crippen molar-refractivity contribution in [2.24, 2.45) is 0 Å². The van der Waals surface area contributed by atoms with Crippen molar-refractivity contribution in [1.29, 1.82) is 0 Å². The maximum Gasteiger partial charge on any atom is 0.222 e. The molecule has 1 fully saturated rings. The van der Waals surface area contributed by atoms with Crippen molar-refractivity contribution in [3.63, 3.8) is 0 Å². The van der Waals surface area contributed by atoms with Gasteiger partial charge in [-0.3, -0.25) is 4.79 Å². The molecule has 5 nitrogen and oxygen atoms in total. The highest BCUT2D eigenvalue weighted by molar-refractivity contribution is 5.76. The zero-order valence-electron chi connectivity index (χ0n) is 11.0. The minimum absolute atomic E-state index is 0.105. The summed E-state index contributed by atoms with van der Waals surface area (Å²) in [5.41, 5.74) is 1.89. The number of carbonyl (C=O) groups excluding carboxylic acids is 1. The average Bonchev–Trinajstić information content (AvgIpc) is 2.66. The molecule has 0 radical (unpaired) electrons. The molecule has 0 unspecified atom stereocenters. The summed E-state index contributed by atoms with van der Waals surface area (Å²) in [7, 11) is 0. The van der Waals surface area contributed by atoms with Crippen LogP contribution in [0.3, 0.4) is 0 Å². The number of aliphatic hydroxyl groups is 1. The van der Waals surface area contributed by atoms with Gasteiger partial charge in [-0.15, -0.1) is 0 Å². The third kappa shape index (κ3) is 2.90. The van der Waals surface area contributed by atoms with Gasteiger partial charge in [-0.1, -0.05) is 5.16 Å². The number of aromatic nitrogens is 1. The fourth-order valence-corrected chi connectivity index (χ4v) is 2.43. The third-order valence-corrected chi connectivity index (χ3v) is 3.52. The second kappa shape index (κ2) is 5.52. The van der Waals surface area contributed by atoms with Crippen LogP contribution in [0.5, 0.6) is 0 Å². The Labute approximate surface area is 107 Å². The van der Waals surface area contributed by atoms with Gasteiger partial charge in [0.05, 0.1) is 11.8 Å². The van der Waals surface area contributed by atoms with E-state index in [2.05, 4.69) is 5.16 Å². The molecule has 100 valence electrons. The van der Waals surface area contributed by atoms with E-state index in [1.807, 2.05) is 13.8 Å². The van der Waals surface area contributed by atoms with E-state index >= 15 is 0 Å². The first-order valence-corrected chi connectivity index (χ1v) is 6.45. The van der Waals surface area contributed by atoms with Crippen LogP contribution in [0.4, 0.5) is 0 Å². The topological polar surface area (TPSA) is 66.6 Å². The monoisotopic (exact) mass is 252 g/mol. The molecule has 2 rings (SSSR count). The average molecular weight is 252 g/mol.